The van der Waals surface area contributed by atoms with Gasteiger partial charge in [0.05, 0.1) is 18.9 Å². The third-order valence-electron chi connectivity index (χ3n) is 3.13. The van der Waals surface area contributed by atoms with Crippen LogP contribution in [-0.2, 0) is 4.74 Å². The van der Waals surface area contributed by atoms with Crippen LogP contribution in [0.4, 0.5) is 0 Å². The van der Waals surface area contributed by atoms with Crippen LogP contribution in [0.5, 0.6) is 0 Å². The molecule has 0 amide bonds. The van der Waals surface area contributed by atoms with E-state index in [9.17, 15) is 5.11 Å². The number of nitrogens with zero attached hydrogens (tertiary/aromatic N) is 2. The van der Waals surface area contributed by atoms with E-state index in [1.54, 1.807) is 6.20 Å². The molecular formula is C12H20N2O2. The van der Waals surface area contributed by atoms with Crippen molar-refractivity contribution in [3.63, 3.8) is 0 Å². The summed E-state index contributed by atoms with van der Waals surface area (Å²) >= 11 is 0. The molecule has 1 aromatic rings. The molecule has 1 N–H and O–H groups in total. The van der Waals surface area contributed by atoms with Crippen LogP contribution < -0.4 is 0 Å². The van der Waals surface area contributed by atoms with Crippen LogP contribution in [0.25, 0.3) is 0 Å². The van der Waals surface area contributed by atoms with E-state index in [4.69, 9.17) is 4.74 Å². The van der Waals surface area contributed by atoms with Crippen molar-refractivity contribution >= 4 is 0 Å². The fourth-order valence-electron chi connectivity index (χ4n) is 2.07. The van der Waals surface area contributed by atoms with E-state index >= 15 is 0 Å². The Balaban J connectivity index is 2.04. The molecule has 0 saturated carbocycles. The SMILES string of the molecule is CC(C)n1cc(C(O)C2CCCOC2)cn1. The maximum absolute atomic E-state index is 10.2. The van der Waals surface area contributed by atoms with Crippen LogP contribution in [0.15, 0.2) is 12.4 Å². The van der Waals surface area contributed by atoms with Crippen LogP contribution in [0, 0.1) is 5.92 Å². The first-order valence-corrected chi connectivity index (χ1v) is 5.98. The average molecular weight is 224 g/mol. The summed E-state index contributed by atoms with van der Waals surface area (Å²) in [6.07, 6.45) is 5.34. The Kier molecular flexibility index (Phi) is 3.61. The predicted molar refractivity (Wildman–Crippen MR) is 61.1 cm³/mol. The summed E-state index contributed by atoms with van der Waals surface area (Å²) in [5.74, 6) is 0.221. The van der Waals surface area contributed by atoms with Gasteiger partial charge in [-0.05, 0) is 26.7 Å². The quantitative estimate of drug-likeness (QED) is 0.853. The molecule has 0 spiro atoms. The molecule has 1 aromatic heterocycles. The Morgan fingerprint density at radius 2 is 2.38 bits per heavy atom. The maximum atomic E-state index is 10.2. The number of aliphatic hydroxyl groups is 1. The minimum absolute atomic E-state index is 0.221. The smallest absolute Gasteiger partial charge is 0.0870 e. The number of ether oxygens (including phenoxy) is 1. The number of rotatable bonds is 3. The molecule has 0 radical (unpaired) electrons. The maximum Gasteiger partial charge on any atom is 0.0870 e. The van der Waals surface area contributed by atoms with Crippen LogP contribution in [0.3, 0.4) is 0 Å². The lowest BCUT2D eigenvalue weighted by Gasteiger charge is -2.25. The summed E-state index contributed by atoms with van der Waals surface area (Å²) in [6.45, 7) is 5.64. The second-order valence-corrected chi connectivity index (χ2v) is 4.77. The zero-order chi connectivity index (χ0) is 11.5. The Morgan fingerprint density at radius 3 is 2.94 bits per heavy atom. The highest BCUT2D eigenvalue weighted by molar-refractivity contribution is 5.09. The molecule has 0 aliphatic carbocycles. The van der Waals surface area contributed by atoms with E-state index in [2.05, 4.69) is 18.9 Å². The van der Waals surface area contributed by atoms with Gasteiger partial charge in [-0.2, -0.15) is 5.10 Å². The van der Waals surface area contributed by atoms with Crippen molar-refractivity contribution < 1.29 is 9.84 Å². The van der Waals surface area contributed by atoms with Crippen molar-refractivity contribution in [2.45, 2.75) is 38.8 Å². The van der Waals surface area contributed by atoms with E-state index in [1.807, 2.05) is 10.9 Å². The largest absolute Gasteiger partial charge is 0.388 e. The molecule has 2 heterocycles. The van der Waals surface area contributed by atoms with E-state index in [0.29, 0.717) is 12.6 Å². The molecule has 90 valence electrons. The number of hydrogen-bond acceptors (Lipinski definition) is 3. The summed E-state index contributed by atoms with van der Waals surface area (Å²) in [5, 5.41) is 14.5. The molecule has 1 fully saturated rings. The molecule has 2 unspecified atom stereocenters. The number of hydrogen-bond donors (Lipinski definition) is 1. The zero-order valence-electron chi connectivity index (χ0n) is 9.97. The highest BCUT2D eigenvalue weighted by Crippen LogP contribution is 2.28. The predicted octanol–water partition coefficient (Wildman–Crippen LogP) is 1.92. The van der Waals surface area contributed by atoms with Crippen LogP contribution in [0.1, 0.15) is 44.4 Å². The molecule has 1 aliphatic rings. The van der Waals surface area contributed by atoms with Gasteiger partial charge in [0.25, 0.3) is 0 Å². The monoisotopic (exact) mass is 224 g/mol. The Morgan fingerprint density at radius 1 is 1.56 bits per heavy atom. The second-order valence-electron chi connectivity index (χ2n) is 4.77. The summed E-state index contributed by atoms with van der Waals surface area (Å²) in [4.78, 5) is 0. The van der Waals surface area contributed by atoms with Crippen LogP contribution in [-0.4, -0.2) is 28.1 Å². The van der Waals surface area contributed by atoms with Gasteiger partial charge in [0, 0.05) is 30.3 Å². The molecule has 16 heavy (non-hydrogen) atoms. The van der Waals surface area contributed by atoms with Crippen molar-refractivity contribution in [2.24, 2.45) is 5.92 Å². The Bertz CT molecular complexity index is 330. The van der Waals surface area contributed by atoms with Crippen molar-refractivity contribution in [3.8, 4) is 0 Å². The molecule has 0 bridgehead atoms. The Labute approximate surface area is 96.2 Å². The Hall–Kier alpha value is -0.870. The molecule has 4 nitrogen and oxygen atoms in total. The van der Waals surface area contributed by atoms with Gasteiger partial charge in [0.2, 0.25) is 0 Å². The van der Waals surface area contributed by atoms with Crippen molar-refractivity contribution in [1.29, 1.82) is 0 Å². The van der Waals surface area contributed by atoms with Gasteiger partial charge < -0.3 is 9.84 Å². The average Bonchev–Trinajstić information content (AvgIpc) is 2.78. The number of aromatic nitrogens is 2. The van der Waals surface area contributed by atoms with Gasteiger partial charge in [-0.1, -0.05) is 0 Å². The molecule has 4 heteroatoms. The van der Waals surface area contributed by atoms with E-state index in [1.165, 1.54) is 0 Å². The van der Waals surface area contributed by atoms with Gasteiger partial charge in [-0.25, -0.2) is 0 Å². The standard InChI is InChI=1S/C12H20N2O2/c1-9(2)14-7-11(6-13-14)12(15)10-4-3-5-16-8-10/h6-7,9-10,12,15H,3-5,8H2,1-2H3. The van der Waals surface area contributed by atoms with Gasteiger partial charge in [0.15, 0.2) is 0 Å². The zero-order valence-corrected chi connectivity index (χ0v) is 9.97. The molecule has 0 aromatic carbocycles. The van der Waals surface area contributed by atoms with E-state index < -0.39 is 6.10 Å². The fourth-order valence-corrected chi connectivity index (χ4v) is 2.07. The minimum atomic E-state index is -0.437. The summed E-state index contributed by atoms with van der Waals surface area (Å²) < 4.78 is 7.27. The normalized spacial score (nSPS) is 23.6. The molecule has 2 rings (SSSR count). The third kappa shape index (κ3) is 2.44. The van der Waals surface area contributed by atoms with Gasteiger partial charge in [-0.3, -0.25) is 4.68 Å². The van der Waals surface area contributed by atoms with Crippen molar-refractivity contribution in [3.05, 3.63) is 18.0 Å². The third-order valence-corrected chi connectivity index (χ3v) is 3.13. The molecule has 2 atom stereocenters. The lowest BCUT2D eigenvalue weighted by Crippen LogP contribution is -2.23. The van der Waals surface area contributed by atoms with Gasteiger partial charge in [-0.15, -0.1) is 0 Å². The molecular weight excluding hydrogens is 204 g/mol. The lowest BCUT2D eigenvalue weighted by atomic mass is 9.93. The van der Waals surface area contributed by atoms with E-state index in [0.717, 1.165) is 25.0 Å². The van der Waals surface area contributed by atoms with Crippen LogP contribution >= 0.6 is 0 Å². The molecule has 1 aliphatic heterocycles. The van der Waals surface area contributed by atoms with Crippen LogP contribution in [0.2, 0.25) is 0 Å². The van der Waals surface area contributed by atoms with Gasteiger partial charge >= 0.3 is 0 Å². The second kappa shape index (κ2) is 4.97. The first kappa shape index (κ1) is 11.6. The summed E-state index contributed by atoms with van der Waals surface area (Å²) in [7, 11) is 0. The first-order chi connectivity index (χ1) is 7.68. The van der Waals surface area contributed by atoms with E-state index in [-0.39, 0.29) is 5.92 Å². The highest BCUT2D eigenvalue weighted by atomic mass is 16.5. The number of aliphatic hydroxyl groups excluding tert-OH is 1. The fraction of sp³-hybridized carbons (Fsp3) is 0.750. The van der Waals surface area contributed by atoms with Gasteiger partial charge in [0.1, 0.15) is 0 Å². The lowest BCUT2D eigenvalue weighted by molar-refractivity contribution is -0.01000. The minimum Gasteiger partial charge on any atom is -0.388 e. The highest BCUT2D eigenvalue weighted by Gasteiger charge is 2.24. The van der Waals surface area contributed by atoms with Crippen molar-refractivity contribution in [1.82, 2.24) is 9.78 Å². The molecule has 1 saturated heterocycles. The summed E-state index contributed by atoms with van der Waals surface area (Å²) in [5.41, 5.74) is 0.907. The first-order valence-electron chi connectivity index (χ1n) is 5.98. The van der Waals surface area contributed by atoms with Crippen molar-refractivity contribution in [2.75, 3.05) is 13.2 Å². The summed E-state index contributed by atoms with van der Waals surface area (Å²) in [6, 6.07) is 0.337. The topological polar surface area (TPSA) is 47.3 Å².